The lowest BCUT2D eigenvalue weighted by atomic mass is 10.3. The number of thiophene rings is 2. The van der Waals surface area contributed by atoms with Crippen molar-refractivity contribution in [1.82, 2.24) is 18.7 Å². The molecule has 10 nitrogen and oxygen atoms in total. The second-order valence-electron chi connectivity index (χ2n) is 7.30. The standard InChI is InChI=1S/C21H15N5O5S2/c27-17(22-12-3-4-15-16(8-12)31-11-30-15)10-25-21(29)26-14-5-7-33-18(14)19(28)24(20(26)23-25)9-13-2-1-6-32-13/h1-8H,9-11H2,(H,22,27). The number of rotatable bonds is 5. The average Bonchev–Trinajstić information content (AvgIpc) is 3.59. The number of hydrogen-bond donors (Lipinski definition) is 1. The summed E-state index contributed by atoms with van der Waals surface area (Å²) in [6, 6.07) is 10.6. The number of nitrogens with one attached hydrogen (secondary N) is 1. The van der Waals surface area contributed by atoms with E-state index < -0.39 is 11.6 Å². The van der Waals surface area contributed by atoms with Gasteiger partial charge in [0.15, 0.2) is 11.5 Å². The number of aromatic nitrogens is 4. The zero-order valence-electron chi connectivity index (χ0n) is 16.9. The third kappa shape index (κ3) is 3.31. The smallest absolute Gasteiger partial charge is 0.352 e. The Labute approximate surface area is 192 Å². The molecule has 0 saturated heterocycles. The van der Waals surface area contributed by atoms with E-state index in [9.17, 15) is 14.4 Å². The molecule has 1 aromatic carbocycles. The van der Waals surface area contributed by atoms with Crippen LogP contribution in [0.5, 0.6) is 11.5 Å². The van der Waals surface area contributed by atoms with Crippen molar-refractivity contribution in [3.63, 3.8) is 0 Å². The van der Waals surface area contributed by atoms with Crippen molar-refractivity contribution in [1.29, 1.82) is 0 Å². The Hall–Kier alpha value is -3.90. The minimum atomic E-state index is -0.492. The summed E-state index contributed by atoms with van der Waals surface area (Å²) in [6.45, 7) is 0.106. The average molecular weight is 482 g/mol. The van der Waals surface area contributed by atoms with Gasteiger partial charge in [0.2, 0.25) is 18.5 Å². The zero-order chi connectivity index (χ0) is 22.5. The van der Waals surface area contributed by atoms with E-state index in [2.05, 4.69) is 10.4 Å². The van der Waals surface area contributed by atoms with Crippen LogP contribution in [0.15, 0.2) is 56.7 Å². The number of ether oxygens (including phenoxy) is 2. The van der Waals surface area contributed by atoms with E-state index in [0.717, 1.165) is 9.56 Å². The Kier molecular flexibility index (Phi) is 4.55. The van der Waals surface area contributed by atoms with Crippen molar-refractivity contribution in [2.24, 2.45) is 0 Å². The fourth-order valence-electron chi connectivity index (χ4n) is 3.75. The molecule has 0 spiro atoms. The Bertz CT molecular complexity index is 1640. The summed E-state index contributed by atoms with van der Waals surface area (Å²) in [4.78, 5) is 39.9. The predicted molar refractivity (Wildman–Crippen MR) is 124 cm³/mol. The third-order valence-electron chi connectivity index (χ3n) is 5.23. The van der Waals surface area contributed by atoms with E-state index in [4.69, 9.17) is 9.47 Å². The van der Waals surface area contributed by atoms with Gasteiger partial charge in [-0.15, -0.1) is 27.8 Å². The van der Waals surface area contributed by atoms with Crippen LogP contribution in [0.3, 0.4) is 0 Å². The van der Waals surface area contributed by atoms with Crippen molar-refractivity contribution >= 4 is 50.3 Å². The molecule has 12 heteroatoms. The van der Waals surface area contributed by atoms with E-state index >= 15 is 0 Å². The molecule has 0 unspecified atom stereocenters. The van der Waals surface area contributed by atoms with Crippen LogP contribution < -0.4 is 26.0 Å². The van der Waals surface area contributed by atoms with E-state index in [1.165, 1.54) is 31.6 Å². The first-order valence-corrected chi connectivity index (χ1v) is 11.7. The van der Waals surface area contributed by atoms with Gasteiger partial charge in [0.1, 0.15) is 11.2 Å². The van der Waals surface area contributed by atoms with Crippen LogP contribution >= 0.6 is 22.7 Å². The molecule has 6 rings (SSSR count). The second-order valence-corrected chi connectivity index (χ2v) is 9.25. The molecular weight excluding hydrogens is 466 g/mol. The largest absolute Gasteiger partial charge is 0.454 e. The molecule has 0 atom stereocenters. The van der Waals surface area contributed by atoms with Gasteiger partial charge in [0.25, 0.3) is 5.56 Å². The molecular formula is C21H15N5O5S2. The molecule has 166 valence electrons. The molecule has 5 aromatic rings. The van der Waals surface area contributed by atoms with Crippen molar-refractivity contribution in [2.75, 3.05) is 12.1 Å². The molecule has 4 aromatic heterocycles. The van der Waals surface area contributed by atoms with Crippen LogP contribution in [0.4, 0.5) is 5.69 Å². The number of carbonyl (C=O) groups is 1. The second kappa shape index (κ2) is 7.60. The van der Waals surface area contributed by atoms with Gasteiger partial charge in [0, 0.05) is 16.6 Å². The third-order valence-corrected chi connectivity index (χ3v) is 6.98. The number of fused-ring (bicyclic) bond motifs is 4. The summed E-state index contributed by atoms with van der Waals surface area (Å²) in [7, 11) is 0. The normalized spacial score (nSPS) is 12.6. The van der Waals surface area contributed by atoms with Crippen LogP contribution in [-0.2, 0) is 17.9 Å². The van der Waals surface area contributed by atoms with Crippen molar-refractivity contribution in [2.45, 2.75) is 13.1 Å². The van der Waals surface area contributed by atoms with E-state index in [-0.39, 0.29) is 31.2 Å². The fourth-order valence-corrected chi connectivity index (χ4v) is 5.27. The lowest BCUT2D eigenvalue weighted by molar-refractivity contribution is -0.117. The minimum Gasteiger partial charge on any atom is -0.454 e. The maximum Gasteiger partial charge on any atom is 0.352 e. The predicted octanol–water partition coefficient (Wildman–Crippen LogP) is 2.35. The van der Waals surface area contributed by atoms with Crippen LogP contribution in [0, 0.1) is 0 Å². The SMILES string of the molecule is O=C(Cn1nc2n(Cc3cccs3)c(=O)c3sccc3n2c1=O)Nc1ccc2c(c1)OCO2. The maximum absolute atomic E-state index is 13.2. The highest BCUT2D eigenvalue weighted by atomic mass is 32.1. The van der Waals surface area contributed by atoms with E-state index in [1.807, 2.05) is 17.5 Å². The first kappa shape index (κ1) is 19.8. The Morgan fingerprint density at radius 2 is 1.97 bits per heavy atom. The molecule has 1 aliphatic heterocycles. The van der Waals surface area contributed by atoms with E-state index in [1.54, 1.807) is 29.6 Å². The van der Waals surface area contributed by atoms with Gasteiger partial charge in [-0.25, -0.2) is 13.9 Å². The van der Waals surface area contributed by atoms with Gasteiger partial charge in [-0.1, -0.05) is 6.07 Å². The molecule has 0 fully saturated rings. The van der Waals surface area contributed by atoms with Gasteiger partial charge >= 0.3 is 5.69 Å². The van der Waals surface area contributed by atoms with Crippen molar-refractivity contribution in [3.8, 4) is 11.5 Å². The lowest BCUT2D eigenvalue weighted by Gasteiger charge is -2.06. The highest BCUT2D eigenvalue weighted by Crippen LogP contribution is 2.34. The summed E-state index contributed by atoms with van der Waals surface area (Å²) < 4.78 is 15.0. The quantitative estimate of drug-likeness (QED) is 0.413. The Balaban J connectivity index is 1.38. The molecule has 1 N–H and O–H groups in total. The van der Waals surface area contributed by atoms with Gasteiger partial charge in [-0.2, -0.15) is 0 Å². The number of benzene rings is 1. The molecule has 0 radical (unpaired) electrons. The number of carbonyl (C=O) groups excluding carboxylic acids is 1. The number of anilines is 1. The van der Waals surface area contributed by atoms with Gasteiger partial charge in [-0.05, 0) is 35.0 Å². The molecule has 0 saturated carbocycles. The fraction of sp³-hybridized carbons (Fsp3) is 0.143. The summed E-state index contributed by atoms with van der Waals surface area (Å²) in [5.74, 6) is 0.900. The summed E-state index contributed by atoms with van der Waals surface area (Å²) in [5.41, 5.74) is 0.280. The highest BCUT2D eigenvalue weighted by Gasteiger charge is 2.20. The molecule has 0 aliphatic carbocycles. The van der Waals surface area contributed by atoms with Crippen LogP contribution in [-0.4, -0.2) is 31.4 Å². The first-order valence-electron chi connectivity index (χ1n) is 9.90. The first-order chi connectivity index (χ1) is 16.1. The molecule has 33 heavy (non-hydrogen) atoms. The Morgan fingerprint density at radius 3 is 2.82 bits per heavy atom. The van der Waals surface area contributed by atoms with Gasteiger partial charge < -0.3 is 14.8 Å². The van der Waals surface area contributed by atoms with Crippen LogP contribution in [0.25, 0.3) is 16.0 Å². The monoisotopic (exact) mass is 481 g/mol. The molecule has 0 bridgehead atoms. The lowest BCUT2D eigenvalue weighted by Crippen LogP contribution is -2.29. The van der Waals surface area contributed by atoms with E-state index in [0.29, 0.717) is 27.4 Å². The zero-order valence-corrected chi connectivity index (χ0v) is 18.5. The van der Waals surface area contributed by atoms with Crippen LogP contribution in [0.2, 0.25) is 0 Å². The number of hydrogen-bond acceptors (Lipinski definition) is 8. The summed E-state index contributed by atoms with van der Waals surface area (Å²) in [5, 5.41) is 10.8. The summed E-state index contributed by atoms with van der Waals surface area (Å²) in [6.07, 6.45) is 0. The molecule has 1 amide bonds. The highest BCUT2D eigenvalue weighted by molar-refractivity contribution is 7.17. The van der Waals surface area contributed by atoms with Crippen molar-refractivity contribution in [3.05, 3.63) is 72.9 Å². The minimum absolute atomic E-state index is 0.133. The van der Waals surface area contributed by atoms with Gasteiger partial charge in [0.05, 0.1) is 12.1 Å². The molecule has 1 aliphatic rings. The summed E-state index contributed by atoms with van der Waals surface area (Å²) >= 11 is 2.78. The topological polar surface area (TPSA) is 109 Å². The van der Waals surface area contributed by atoms with Crippen LogP contribution in [0.1, 0.15) is 4.88 Å². The number of nitrogens with zero attached hydrogens (tertiary/aromatic N) is 4. The van der Waals surface area contributed by atoms with Gasteiger partial charge in [-0.3, -0.25) is 14.2 Å². The van der Waals surface area contributed by atoms with Crippen molar-refractivity contribution < 1.29 is 14.3 Å². The number of amides is 1. The Morgan fingerprint density at radius 1 is 1.09 bits per heavy atom. The molecule has 5 heterocycles. The maximum atomic E-state index is 13.2.